The van der Waals surface area contributed by atoms with Crippen molar-refractivity contribution >= 4 is 45.9 Å². The van der Waals surface area contributed by atoms with Gasteiger partial charge in [0.2, 0.25) is 5.91 Å². The topological polar surface area (TPSA) is 55.4 Å². The van der Waals surface area contributed by atoms with Gasteiger partial charge in [0.15, 0.2) is 0 Å². The lowest BCUT2D eigenvalue weighted by atomic mass is 10.1. The molecule has 1 N–H and O–H groups in total. The summed E-state index contributed by atoms with van der Waals surface area (Å²) >= 11 is 7.42. The average Bonchev–Trinajstić information content (AvgIpc) is 2.80. The van der Waals surface area contributed by atoms with E-state index in [0.29, 0.717) is 15.6 Å². The minimum absolute atomic E-state index is 0.226. The molecule has 0 radical (unpaired) electrons. The van der Waals surface area contributed by atoms with E-state index < -0.39 is 5.97 Å². The predicted octanol–water partition coefficient (Wildman–Crippen LogP) is 5.24. The Hall–Kier alpha value is -2.11. The fourth-order valence-corrected chi connectivity index (χ4v) is 3.41. The van der Waals surface area contributed by atoms with Crippen molar-refractivity contribution in [3.05, 3.63) is 56.9 Å². The van der Waals surface area contributed by atoms with Gasteiger partial charge in [-0.2, -0.15) is 0 Å². The first-order valence-electron chi connectivity index (χ1n) is 7.84. The summed E-state index contributed by atoms with van der Waals surface area (Å²) in [6, 6.07) is 7.24. The fraction of sp³-hybridized carbons (Fsp3) is 0.263. The Kier molecular flexibility index (Phi) is 6.39. The number of aryl methyl sites for hydroxylation is 1. The molecule has 0 aliphatic heterocycles. The van der Waals surface area contributed by atoms with E-state index in [2.05, 4.69) is 5.32 Å². The van der Waals surface area contributed by atoms with Gasteiger partial charge in [0.25, 0.3) is 0 Å². The van der Waals surface area contributed by atoms with E-state index in [9.17, 15) is 9.59 Å². The molecule has 0 fully saturated rings. The normalized spacial score (nSPS) is 11.1. The third kappa shape index (κ3) is 4.94. The molecule has 0 aliphatic carbocycles. The second-order valence-corrected chi connectivity index (χ2v) is 7.42. The van der Waals surface area contributed by atoms with Crippen molar-refractivity contribution in [2.24, 2.45) is 0 Å². The van der Waals surface area contributed by atoms with Crippen LogP contribution in [0, 0.1) is 13.8 Å². The van der Waals surface area contributed by atoms with Crippen LogP contribution in [-0.4, -0.2) is 18.0 Å². The molecule has 1 aromatic heterocycles. The van der Waals surface area contributed by atoms with E-state index in [4.69, 9.17) is 16.3 Å². The van der Waals surface area contributed by atoms with Crippen molar-refractivity contribution in [2.45, 2.75) is 33.8 Å². The maximum Gasteiger partial charge on any atom is 0.341 e. The first-order chi connectivity index (χ1) is 11.8. The average molecular weight is 378 g/mol. The zero-order chi connectivity index (χ0) is 18.6. The Morgan fingerprint density at radius 3 is 2.56 bits per heavy atom. The van der Waals surface area contributed by atoms with Crippen molar-refractivity contribution in [3.8, 4) is 0 Å². The summed E-state index contributed by atoms with van der Waals surface area (Å²) in [6.45, 7) is 7.33. The van der Waals surface area contributed by atoms with Gasteiger partial charge in [-0.1, -0.05) is 29.8 Å². The molecule has 6 heteroatoms. The van der Waals surface area contributed by atoms with Crippen LogP contribution in [0.1, 0.15) is 40.2 Å². The van der Waals surface area contributed by atoms with Gasteiger partial charge in [-0.25, -0.2) is 4.79 Å². The monoisotopic (exact) mass is 377 g/mol. The Balaban J connectivity index is 2.20. The highest BCUT2D eigenvalue weighted by molar-refractivity contribution is 7.16. The molecule has 4 nitrogen and oxygen atoms in total. The fourth-order valence-electron chi connectivity index (χ4n) is 2.16. The maximum absolute atomic E-state index is 12.3. The predicted molar refractivity (Wildman–Crippen MR) is 103 cm³/mol. The summed E-state index contributed by atoms with van der Waals surface area (Å²) in [5.41, 5.74) is 1.98. The molecule has 0 saturated carbocycles. The van der Waals surface area contributed by atoms with Gasteiger partial charge in [0, 0.05) is 16.0 Å². The summed E-state index contributed by atoms with van der Waals surface area (Å²) in [5, 5.41) is 3.83. The molecule has 132 valence electrons. The lowest BCUT2D eigenvalue weighted by Crippen LogP contribution is -2.15. The van der Waals surface area contributed by atoms with E-state index in [-0.39, 0.29) is 12.0 Å². The largest absolute Gasteiger partial charge is 0.459 e. The Labute approximate surface area is 156 Å². The van der Waals surface area contributed by atoms with Gasteiger partial charge in [0.05, 0.1) is 11.7 Å². The zero-order valence-corrected chi connectivity index (χ0v) is 16.1. The molecule has 0 bridgehead atoms. The molecular weight excluding hydrogens is 358 g/mol. The molecule has 0 saturated heterocycles. The summed E-state index contributed by atoms with van der Waals surface area (Å²) in [6.07, 6.45) is 2.80. The highest BCUT2D eigenvalue weighted by Crippen LogP contribution is 2.33. The van der Waals surface area contributed by atoms with Crippen LogP contribution >= 0.6 is 22.9 Å². The highest BCUT2D eigenvalue weighted by Gasteiger charge is 2.22. The van der Waals surface area contributed by atoms with Gasteiger partial charge < -0.3 is 10.1 Å². The molecule has 25 heavy (non-hydrogen) atoms. The number of thiophene rings is 1. The molecule has 0 atom stereocenters. The quantitative estimate of drug-likeness (QED) is 0.573. The van der Waals surface area contributed by atoms with Crippen LogP contribution in [-0.2, 0) is 9.53 Å². The first kappa shape index (κ1) is 19.2. The molecule has 0 aliphatic rings. The lowest BCUT2D eigenvalue weighted by Gasteiger charge is -2.09. The molecule has 0 unspecified atom stereocenters. The highest BCUT2D eigenvalue weighted by atomic mass is 35.5. The van der Waals surface area contributed by atoms with Crippen LogP contribution in [0.25, 0.3) is 6.08 Å². The van der Waals surface area contributed by atoms with E-state index >= 15 is 0 Å². The number of carbonyl (C=O) groups excluding carboxylic acids is 2. The number of hydrogen-bond acceptors (Lipinski definition) is 4. The Morgan fingerprint density at radius 1 is 1.24 bits per heavy atom. The summed E-state index contributed by atoms with van der Waals surface area (Å²) in [7, 11) is 0. The maximum atomic E-state index is 12.3. The number of benzene rings is 1. The number of ether oxygens (including phenoxy) is 1. The van der Waals surface area contributed by atoms with E-state index in [1.165, 1.54) is 17.4 Å². The molecule has 2 rings (SSSR count). The lowest BCUT2D eigenvalue weighted by molar-refractivity contribution is -0.111. The van der Waals surface area contributed by atoms with Crippen molar-refractivity contribution in [1.82, 2.24) is 0 Å². The molecule has 1 aromatic carbocycles. The second kappa shape index (κ2) is 8.32. The minimum Gasteiger partial charge on any atom is -0.459 e. The van der Waals surface area contributed by atoms with Gasteiger partial charge in [-0.05, 0) is 51.0 Å². The number of esters is 1. The van der Waals surface area contributed by atoms with Gasteiger partial charge in [0.1, 0.15) is 5.00 Å². The minimum atomic E-state index is -0.428. The van der Waals surface area contributed by atoms with E-state index in [0.717, 1.165) is 16.0 Å². The van der Waals surface area contributed by atoms with Crippen LogP contribution in [0.2, 0.25) is 5.02 Å². The van der Waals surface area contributed by atoms with Gasteiger partial charge in [-0.3, -0.25) is 4.79 Å². The molecule has 2 aromatic rings. The number of rotatable bonds is 5. The summed E-state index contributed by atoms with van der Waals surface area (Å²) < 4.78 is 5.28. The Morgan fingerprint density at radius 2 is 1.92 bits per heavy atom. The van der Waals surface area contributed by atoms with E-state index in [1.807, 2.05) is 32.0 Å². The van der Waals surface area contributed by atoms with E-state index in [1.54, 1.807) is 26.0 Å². The van der Waals surface area contributed by atoms with Crippen LogP contribution in [0.5, 0.6) is 0 Å². The Bertz CT molecular complexity index is 824. The molecule has 1 amide bonds. The van der Waals surface area contributed by atoms with Crippen LogP contribution in [0.15, 0.2) is 30.3 Å². The second-order valence-electron chi connectivity index (χ2n) is 5.79. The number of anilines is 1. The number of amides is 1. The number of halogens is 1. The summed E-state index contributed by atoms with van der Waals surface area (Å²) in [4.78, 5) is 25.5. The number of hydrogen-bond donors (Lipinski definition) is 1. The summed E-state index contributed by atoms with van der Waals surface area (Å²) in [5.74, 6) is -0.762. The van der Waals surface area contributed by atoms with Gasteiger partial charge in [-0.15, -0.1) is 11.3 Å². The third-order valence-corrected chi connectivity index (χ3v) is 4.96. The van der Waals surface area contributed by atoms with Crippen LogP contribution in [0.3, 0.4) is 0 Å². The van der Waals surface area contributed by atoms with Crippen molar-refractivity contribution in [2.75, 3.05) is 5.32 Å². The number of carbonyl (C=O) groups is 2. The number of nitrogens with one attached hydrogen (secondary N) is 1. The van der Waals surface area contributed by atoms with Crippen molar-refractivity contribution in [3.63, 3.8) is 0 Å². The molecule has 1 heterocycles. The van der Waals surface area contributed by atoms with Gasteiger partial charge >= 0.3 is 5.97 Å². The molecule has 0 spiro atoms. The standard InChI is InChI=1S/C19H20ClNO3S/c1-11(2)24-19(23)17-12(3)13(4)25-18(17)21-16(22)10-9-14-7-5-6-8-15(14)20/h5-11H,1-4H3,(H,21,22)/b10-9+. The smallest absolute Gasteiger partial charge is 0.341 e. The van der Waals surface area contributed by atoms with Crippen molar-refractivity contribution < 1.29 is 14.3 Å². The van der Waals surface area contributed by atoms with Crippen LogP contribution in [0.4, 0.5) is 5.00 Å². The van der Waals surface area contributed by atoms with Crippen molar-refractivity contribution in [1.29, 1.82) is 0 Å². The third-order valence-electron chi connectivity index (χ3n) is 3.49. The SMILES string of the molecule is Cc1sc(NC(=O)/C=C/c2ccccc2Cl)c(C(=O)OC(C)C)c1C. The first-order valence-corrected chi connectivity index (χ1v) is 9.03. The van der Waals surface area contributed by atoms with Crippen LogP contribution < -0.4 is 5.32 Å². The zero-order valence-electron chi connectivity index (χ0n) is 14.6. The molecular formula is C19H20ClNO3S.